The van der Waals surface area contributed by atoms with E-state index in [9.17, 15) is 0 Å². The van der Waals surface area contributed by atoms with Crippen molar-refractivity contribution in [2.75, 3.05) is 19.8 Å². The van der Waals surface area contributed by atoms with Gasteiger partial charge in [0, 0.05) is 19.3 Å². The normalized spacial score (nSPS) is 11.9. The molecule has 0 heterocycles. The highest BCUT2D eigenvalue weighted by Gasteiger charge is 2.05. The molecule has 3 N–H and O–H groups in total. The summed E-state index contributed by atoms with van der Waals surface area (Å²) in [6, 6.07) is 0.274. The molecule has 0 rings (SSSR count). The third-order valence-electron chi connectivity index (χ3n) is 6.08. The first-order valence-electron chi connectivity index (χ1n) is 13.4. The lowest BCUT2D eigenvalue weighted by molar-refractivity contribution is 0.227. The Morgan fingerprint density at radius 1 is 0.567 bits per heavy atom. The molecule has 180 valence electrons. The van der Waals surface area contributed by atoms with Crippen molar-refractivity contribution in [3.63, 3.8) is 0 Å². The minimum Gasteiger partial charge on any atom is -0.396 e. The molecular formula is C27H55NO2. The van der Waals surface area contributed by atoms with E-state index in [1.54, 1.807) is 0 Å². The predicted octanol–water partition coefficient (Wildman–Crippen LogP) is 7.31. The number of hydrogen-bond donors (Lipinski definition) is 3. The molecule has 0 atom stereocenters. The first kappa shape index (κ1) is 29.6. The fourth-order valence-corrected chi connectivity index (χ4v) is 4.05. The van der Waals surface area contributed by atoms with Crippen molar-refractivity contribution in [1.82, 2.24) is 5.32 Å². The molecule has 0 aromatic carbocycles. The molecule has 0 aliphatic rings. The van der Waals surface area contributed by atoms with Gasteiger partial charge >= 0.3 is 0 Å². The van der Waals surface area contributed by atoms with Gasteiger partial charge in [-0.1, -0.05) is 103 Å². The monoisotopic (exact) mass is 425 g/mol. The average molecular weight is 426 g/mol. The zero-order chi connectivity index (χ0) is 22.0. The Balaban J connectivity index is 3.18. The van der Waals surface area contributed by atoms with Crippen molar-refractivity contribution in [2.45, 2.75) is 141 Å². The third kappa shape index (κ3) is 23.9. The van der Waals surface area contributed by atoms with E-state index in [-0.39, 0.29) is 19.3 Å². The summed E-state index contributed by atoms with van der Waals surface area (Å²) >= 11 is 0. The topological polar surface area (TPSA) is 52.5 Å². The van der Waals surface area contributed by atoms with Crippen LogP contribution < -0.4 is 5.32 Å². The van der Waals surface area contributed by atoms with Crippen LogP contribution in [0.2, 0.25) is 0 Å². The molecule has 0 aromatic heterocycles. The Kier molecular flexibility index (Phi) is 26.3. The summed E-state index contributed by atoms with van der Waals surface area (Å²) in [5.41, 5.74) is 0. The SMILES string of the molecule is CCCCCCCC/C=C\CCCCCCCCCCCCNC(CCO)CCO. The third-order valence-corrected chi connectivity index (χ3v) is 6.08. The maximum atomic E-state index is 9.01. The second-order valence-electron chi connectivity index (χ2n) is 9.03. The van der Waals surface area contributed by atoms with Gasteiger partial charge in [0.25, 0.3) is 0 Å². The van der Waals surface area contributed by atoms with Crippen LogP contribution in [0.3, 0.4) is 0 Å². The van der Waals surface area contributed by atoms with Crippen molar-refractivity contribution < 1.29 is 10.2 Å². The van der Waals surface area contributed by atoms with Crippen LogP contribution in [0.25, 0.3) is 0 Å². The number of allylic oxidation sites excluding steroid dienone is 2. The molecule has 0 fully saturated rings. The molecule has 0 aliphatic heterocycles. The highest BCUT2D eigenvalue weighted by Crippen LogP contribution is 2.12. The van der Waals surface area contributed by atoms with E-state index < -0.39 is 0 Å². The van der Waals surface area contributed by atoms with E-state index in [4.69, 9.17) is 10.2 Å². The summed E-state index contributed by atoms with van der Waals surface area (Å²) in [6.45, 7) is 3.70. The van der Waals surface area contributed by atoms with Crippen molar-refractivity contribution in [3.8, 4) is 0 Å². The van der Waals surface area contributed by atoms with Gasteiger partial charge in [0.2, 0.25) is 0 Å². The molecule has 0 bridgehead atoms. The van der Waals surface area contributed by atoms with E-state index in [1.807, 2.05) is 0 Å². The number of hydrogen-bond acceptors (Lipinski definition) is 3. The summed E-state index contributed by atoms with van der Waals surface area (Å²) in [5.74, 6) is 0. The van der Waals surface area contributed by atoms with Crippen LogP contribution in [0.15, 0.2) is 12.2 Å². The van der Waals surface area contributed by atoms with Gasteiger partial charge in [0.15, 0.2) is 0 Å². The van der Waals surface area contributed by atoms with Gasteiger partial charge in [-0.2, -0.15) is 0 Å². The van der Waals surface area contributed by atoms with Crippen molar-refractivity contribution in [2.24, 2.45) is 0 Å². The summed E-state index contributed by atoms with van der Waals surface area (Å²) in [5, 5.41) is 21.5. The van der Waals surface area contributed by atoms with E-state index in [2.05, 4.69) is 24.4 Å². The lowest BCUT2D eigenvalue weighted by atomic mass is 10.1. The van der Waals surface area contributed by atoms with Gasteiger partial charge < -0.3 is 15.5 Å². The number of aliphatic hydroxyl groups is 2. The molecule has 0 spiro atoms. The zero-order valence-electron chi connectivity index (χ0n) is 20.4. The highest BCUT2D eigenvalue weighted by molar-refractivity contribution is 4.81. The quantitative estimate of drug-likeness (QED) is 0.106. The van der Waals surface area contributed by atoms with Crippen LogP contribution in [0.1, 0.15) is 135 Å². The van der Waals surface area contributed by atoms with Crippen LogP contribution >= 0.6 is 0 Å². The Morgan fingerprint density at radius 2 is 0.967 bits per heavy atom. The van der Waals surface area contributed by atoms with Crippen molar-refractivity contribution in [3.05, 3.63) is 12.2 Å². The van der Waals surface area contributed by atoms with Crippen LogP contribution in [-0.2, 0) is 0 Å². The summed E-state index contributed by atoms with van der Waals surface area (Å²) in [7, 11) is 0. The van der Waals surface area contributed by atoms with Gasteiger partial charge in [0.1, 0.15) is 0 Å². The second kappa shape index (κ2) is 26.7. The van der Waals surface area contributed by atoms with E-state index in [1.165, 1.54) is 116 Å². The van der Waals surface area contributed by atoms with Gasteiger partial charge in [-0.3, -0.25) is 0 Å². The molecule has 0 unspecified atom stereocenters. The van der Waals surface area contributed by atoms with Crippen LogP contribution in [0.4, 0.5) is 0 Å². The van der Waals surface area contributed by atoms with E-state index in [0.717, 1.165) is 19.4 Å². The predicted molar refractivity (Wildman–Crippen MR) is 133 cm³/mol. The molecule has 0 amide bonds. The lowest BCUT2D eigenvalue weighted by Crippen LogP contribution is -2.31. The van der Waals surface area contributed by atoms with Crippen LogP contribution in [0.5, 0.6) is 0 Å². The molecule has 0 saturated heterocycles. The second-order valence-corrected chi connectivity index (χ2v) is 9.03. The summed E-state index contributed by atoms with van der Waals surface area (Å²) in [4.78, 5) is 0. The van der Waals surface area contributed by atoms with Crippen molar-refractivity contribution >= 4 is 0 Å². The van der Waals surface area contributed by atoms with Crippen LogP contribution in [0, 0.1) is 0 Å². The van der Waals surface area contributed by atoms with Gasteiger partial charge in [-0.25, -0.2) is 0 Å². The van der Waals surface area contributed by atoms with Gasteiger partial charge in [-0.15, -0.1) is 0 Å². The maximum absolute atomic E-state index is 9.01. The maximum Gasteiger partial charge on any atom is 0.0445 e. The Labute approximate surface area is 189 Å². The van der Waals surface area contributed by atoms with Gasteiger partial charge in [0.05, 0.1) is 0 Å². The van der Waals surface area contributed by atoms with Crippen molar-refractivity contribution in [1.29, 1.82) is 0 Å². The van der Waals surface area contributed by atoms with E-state index >= 15 is 0 Å². The Bertz CT molecular complexity index is 327. The zero-order valence-corrected chi connectivity index (χ0v) is 20.4. The van der Waals surface area contributed by atoms with Crippen LogP contribution in [-0.4, -0.2) is 36.0 Å². The molecule has 0 saturated carbocycles. The first-order valence-corrected chi connectivity index (χ1v) is 13.4. The Hall–Kier alpha value is -0.380. The fourth-order valence-electron chi connectivity index (χ4n) is 4.05. The standard InChI is InChI=1S/C27H55NO2/c1-2-3-4-5-6-7-8-9-10-11-12-13-14-15-16-17-18-19-20-21-24-28-27(22-25-29)23-26-30/h9-10,27-30H,2-8,11-26H2,1H3/b10-9-. The number of unbranched alkanes of at least 4 members (excludes halogenated alkanes) is 16. The average Bonchev–Trinajstić information content (AvgIpc) is 2.75. The molecule has 0 radical (unpaired) electrons. The first-order chi connectivity index (χ1) is 14.8. The molecule has 0 aromatic rings. The molecular weight excluding hydrogens is 370 g/mol. The fraction of sp³-hybridized carbons (Fsp3) is 0.926. The number of aliphatic hydroxyl groups excluding tert-OH is 2. The highest BCUT2D eigenvalue weighted by atomic mass is 16.3. The smallest absolute Gasteiger partial charge is 0.0445 e. The largest absolute Gasteiger partial charge is 0.396 e. The minimum atomic E-state index is 0.202. The molecule has 3 nitrogen and oxygen atoms in total. The molecule has 3 heteroatoms. The summed E-state index contributed by atoms with van der Waals surface area (Å²) in [6.07, 6.45) is 30.9. The molecule has 0 aliphatic carbocycles. The number of nitrogens with one attached hydrogen (secondary N) is 1. The number of rotatable bonds is 25. The molecule has 30 heavy (non-hydrogen) atoms. The van der Waals surface area contributed by atoms with E-state index in [0.29, 0.717) is 0 Å². The lowest BCUT2D eigenvalue weighted by Gasteiger charge is -2.16. The minimum absolute atomic E-state index is 0.202. The van der Waals surface area contributed by atoms with Gasteiger partial charge in [-0.05, 0) is 51.5 Å². The Morgan fingerprint density at radius 3 is 1.40 bits per heavy atom. The summed E-state index contributed by atoms with van der Waals surface area (Å²) < 4.78 is 0.